The van der Waals surface area contributed by atoms with E-state index in [1.54, 1.807) is 4.90 Å². The molecule has 2 atom stereocenters. The van der Waals surface area contributed by atoms with Crippen LogP contribution in [0.25, 0.3) is 0 Å². The Morgan fingerprint density at radius 1 is 1.47 bits per heavy atom. The molecule has 2 rings (SSSR count). The first-order valence-electron chi connectivity index (χ1n) is 6.77. The minimum Gasteiger partial charge on any atom is -0.390 e. The number of hydrogen-bond acceptors (Lipinski definition) is 3. The van der Waals surface area contributed by atoms with E-state index in [0.29, 0.717) is 19.5 Å². The van der Waals surface area contributed by atoms with Crippen molar-refractivity contribution in [2.75, 3.05) is 19.6 Å². The zero-order valence-corrected chi connectivity index (χ0v) is 11.4. The van der Waals surface area contributed by atoms with Crippen LogP contribution in [-0.2, 0) is 11.2 Å². The average Bonchev–Trinajstić information content (AvgIpc) is 2.41. The topological polar surface area (TPSA) is 66.6 Å². The number of rotatable bonds is 3. The number of aliphatic hydroxyl groups is 1. The molecule has 0 bridgehead atoms. The van der Waals surface area contributed by atoms with E-state index in [-0.39, 0.29) is 18.4 Å². The molecule has 0 spiro atoms. The van der Waals surface area contributed by atoms with Crippen LogP contribution >= 0.6 is 0 Å². The van der Waals surface area contributed by atoms with Crippen LogP contribution in [0.2, 0.25) is 0 Å². The van der Waals surface area contributed by atoms with Gasteiger partial charge in [0.25, 0.3) is 0 Å². The van der Waals surface area contributed by atoms with Crippen molar-refractivity contribution in [2.24, 2.45) is 11.7 Å². The number of carbonyl (C=O) groups excluding carboxylic acids is 1. The Labute approximate surface area is 114 Å². The molecule has 1 amide bonds. The molecule has 3 N–H and O–H groups in total. The molecule has 0 saturated carbocycles. The van der Waals surface area contributed by atoms with E-state index in [1.807, 2.05) is 25.1 Å². The van der Waals surface area contributed by atoms with E-state index < -0.39 is 5.60 Å². The van der Waals surface area contributed by atoms with Gasteiger partial charge in [0.2, 0.25) is 5.91 Å². The normalized spacial score (nSPS) is 27.3. The molecular formula is C15H22N2O2. The second kappa shape index (κ2) is 5.72. The van der Waals surface area contributed by atoms with Crippen molar-refractivity contribution in [1.82, 2.24) is 4.90 Å². The molecular weight excluding hydrogens is 240 g/mol. The highest BCUT2D eigenvalue weighted by atomic mass is 16.3. The Hall–Kier alpha value is -1.39. The number of nitrogens with zero attached hydrogens (tertiary/aromatic N) is 1. The van der Waals surface area contributed by atoms with Crippen LogP contribution in [-0.4, -0.2) is 41.1 Å². The van der Waals surface area contributed by atoms with Gasteiger partial charge in [-0.2, -0.15) is 0 Å². The zero-order chi connectivity index (χ0) is 13.9. The molecule has 4 nitrogen and oxygen atoms in total. The minimum absolute atomic E-state index is 0.0337. The van der Waals surface area contributed by atoms with Crippen molar-refractivity contribution in [2.45, 2.75) is 25.4 Å². The predicted molar refractivity (Wildman–Crippen MR) is 74.5 cm³/mol. The summed E-state index contributed by atoms with van der Waals surface area (Å²) in [6, 6.07) is 10.1. The van der Waals surface area contributed by atoms with Crippen LogP contribution in [0, 0.1) is 5.92 Å². The van der Waals surface area contributed by atoms with Crippen molar-refractivity contribution < 1.29 is 9.90 Å². The lowest BCUT2D eigenvalue weighted by Crippen LogP contribution is -2.53. The maximum atomic E-state index is 11.7. The summed E-state index contributed by atoms with van der Waals surface area (Å²) in [7, 11) is 0. The Kier molecular flexibility index (Phi) is 4.22. The number of hydrogen-bond donors (Lipinski definition) is 2. The molecule has 0 aliphatic carbocycles. The van der Waals surface area contributed by atoms with Gasteiger partial charge in [0.1, 0.15) is 0 Å². The summed E-state index contributed by atoms with van der Waals surface area (Å²) in [4.78, 5) is 13.5. The Bertz CT molecular complexity index is 431. The number of amides is 1. The van der Waals surface area contributed by atoms with Crippen molar-refractivity contribution in [3.05, 3.63) is 35.9 Å². The number of piperidine rings is 1. The molecule has 1 heterocycles. The number of nitrogens with two attached hydrogens (primary N) is 1. The van der Waals surface area contributed by atoms with E-state index in [0.717, 1.165) is 6.42 Å². The highest BCUT2D eigenvalue weighted by molar-refractivity contribution is 5.78. The van der Waals surface area contributed by atoms with Crippen molar-refractivity contribution >= 4 is 5.91 Å². The number of likely N-dealkylation sites (tertiary alicyclic amines) is 1. The summed E-state index contributed by atoms with van der Waals surface area (Å²) >= 11 is 0. The lowest BCUT2D eigenvalue weighted by molar-refractivity contribution is -0.137. The number of benzene rings is 1. The molecule has 1 aromatic carbocycles. The molecule has 0 unspecified atom stereocenters. The smallest absolute Gasteiger partial charge is 0.236 e. The lowest BCUT2D eigenvalue weighted by Gasteiger charge is -2.42. The van der Waals surface area contributed by atoms with Gasteiger partial charge in [-0.05, 0) is 25.3 Å². The highest BCUT2D eigenvalue weighted by Gasteiger charge is 2.38. The Balaban J connectivity index is 2.09. The third kappa shape index (κ3) is 3.33. The third-order valence-electron chi connectivity index (χ3n) is 4.06. The maximum absolute atomic E-state index is 11.7. The van der Waals surface area contributed by atoms with Crippen LogP contribution < -0.4 is 5.73 Å². The largest absolute Gasteiger partial charge is 0.390 e. The minimum atomic E-state index is -0.721. The van der Waals surface area contributed by atoms with Crippen LogP contribution in [0.4, 0.5) is 0 Å². The first-order valence-corrected chi connectivity index (χ1v) is 6.77. The fraction of sp³-hybridized carbons (Fsp3) is 0.533. The van der Waals surface area contributed by atoms with Crippen molar-refractivity contribution in [3.8, 4) is 0 Å². The monoisotopic (exact) mass is 262 g/mol. The van der Waals surface area contributed by atoms with Crippen molar-refractivity contribution in [1.29, 1.82) is 0 Å². The average molecular weight is 262 g/mol. The maximum Gasteiger partial charge on any atom is 0.236 e. The fourth-order valence-corrected chi connectivity index (χ4v) is 2.66. The summed E-state index contributed by atoms with van der Waals surface area (Å²) in [5.41, 5.74) is 5.88. The summed E-state index contributed by atoms with van der Waals surface area (Å²) in [6.45, 7) is 3.08. The third-order valence-corrected chi connectivity index (χ3v) is 4.06. The first-order chi connectivity index (χ1) is 9.03. The van der Waals surface area contributed by atoms with Gasteiger partial charge in [-0.25, -0.2) is 0 Å². The van der Waals surface area contributed by atoms with E-state index in [9.17, 15) is 9.90 Å². The SMILES string of the molecule is C[C@@]1(O)CCN(C(=O)CN)C[C@@H]1Cc1ccccc1. The standard InChI is InChI=1S/C15H22N2O2/c1-15(19)7-8-17(14(18)10-16)11-13(15)9-12-5-3-2-4-6-12/h2-6,13,19H,7-11,16H2,1H3/t13-,15+/m0/s1. The van der Waals surface area contributed by atoms with Gasteiger partial charge in [0.05, 0.1) is 12.1 Å². The van der Waals surface area contributed by atoms with Crippen LogP contribution in [0.3, 0.4) is 0 Å². The molecule has 1 fully saturated rings. The summed E-state index contributed by atoms with van der Waals surface area (Å²) < 4.78 is 0. The quantitative estimate of drug-likeness (QED) is 0.846. The first kappa shape index (κ1) is 14.0. The molecule has 1 aliphatic heterocycles. The zero-order valence-electron chi connectivity index (χ0n) is 11.4. The molecule has 1 saturated heterocycles. The van der Waals surface area contributed by atoms with Gasteiger partial charge < -0.3 is 15.7 Å². The van der Waals surface area contributed by atoms with Gasteiger partial charge >= 0.3 is 0 Å². The van der Waals surface area contributed by atoms with Gasteiger partial charge in [-0.3, -0.25) is 4.79 Å². The van der Waals surface area contributed by atoms with E-state index in [2.05, 4.69) is 12.1 Å². The summed E-state index contributed by atoms with van der Waals surface area (Å²) in [6.07, 6.45) is 1.39. The van der Waals surface area contributed by atoms with E-state index in [4.69, 9.17) is 5.73 Å². The Morgan fingerprint density at radius 3 is 2.79 bits per heavy atom. The highest BCUT2D eigenvalue weighted by Crippen LogP contribution is 2.30. The van der Waals surface area contributed by atoms with Gasteiger partial charge in [0.15, 0.2) is 0 Å². The molecule has 0 radical (unpaired) electrons. The van der Waals surface area contributed by atoms with Crippen molar-refractivity contribution in [3.63, 3.8) is 0 Å². The van der Waals surface area contributed by atoms with Gasteiger partial charge in [-0.1, -0.05) is 30.3 Å². The molecule has 1 aromatic rings. The van der Waals surface area contributed by atoms with Crippen LogP contribution in [0.5, 0.6) is 0 Å². The lowest BCUT2D eigenvalue weighted by atomic mass is 9.79. The predicted octanol–water partition coefficient (Wildman–Crippen LogP) is 0.787. The van der Waals surface area contributed by atoms with E-state index in [1.165, 1.54) is 5.56 Å². The molecule has 1 aliphatic rings. The van der Waals surface area contributed by atoms with Crippen LogP contribution in [0.1, 0.15) is 18.9 Å². The molecule has 19 heavy (non-hydrogen) atoms. The molecule has 0 aromatic heterocycles. The Morgan fingerprint density at radius 2 is 2.16 bits per heavy atom. The molecule has 104 valence electrons. The summed E-state index contributed by atoms with van der Waals surface area (Å²) in [5, 5.41) is 10.5. The van der Waals surface area contributed by atoms with Gasteiger partial charge in [-0.15, -0.1) is 0 Å². The summed E-state index contributed by atoms with van der Waals surface area (Å²) in [5.74, 6) is 0.0210. The van der Waals surface area contributed by atoms with Gasteiger partial charge in [0, 0.05) is 19.0 Å². The van der Waals surface area contributed by atoms with Crippen LogP contribution in [0.15, 0.2) is 30.3 Å². The number of carbonyl (C=O) groups is 1. The fourth-order valence-electron chi connectivity index (χ4n) is 2.66. The molecule has 4 heteroatoms. The van der Waals surface area contributed by atoms with E-state index >= 15 is 0 Å². The second-order valence-electron chi connectivity index (χ2n) is 5.54. The second-order valence-corrected chi connectivity index (χ2v) is 5.54.